The summed E-state index contributed by atoms with van der Waals surface area (Å²) < 4.78 is 12.0. The zero-order chi connectivity index (χ0) is 15.2. The Morgan fingerprint density at radius 3 is 2.24 bits per heavy atom. The van der Waals surface area contributed by atoms with Crippen LogP contribution in [0.4, 0.5) is 0 Å². The zero-order valence-electron chi connectivity index (χ0n) is 13.3. The molecule has 0 aliphatic carbocycles. The molecule has 0 amide bonds. The number of unbranched alkanes of at least 4 members (excludes halogenated alkanes) is 2. The lowest BCUT2D eigenvalue weighted by Gasteiger charge is -2.14. The largest absolute Gasteiger partial charge is 0.494 e. The number of hydrogen-bond acceptors (Lipinski definition) is 4. The SMILES string of the molecule is CCSC(COCCCCCOc1ccccc1)SCC. The maximum absolute atomic E-state index is 5.78. The summed E-state index contributed by atoms with van der Waals surface area (Å²) in [5.74, 6) is 3.29. The van der Waals surface area contributed by atoms with Crippen molar-refractivity contribution in [2.45, 2.75) is 37.7 Å². The number of ether oxygens (including phenoxy) is 2. The molecule has 0 bridgehead atoms. The van der Waals surface area contributed by atoms with Crippen molar-refractivity contribution in [3.8, 4) is 5.75 Å². The lowest BCUT2D eigenvalue weighted by atomic mass is 10.2. The first-order chi connectivity index (χ1) is 10.4. The molecule has 0 atom stereocenters. The molecule has 0 saturated heterocycles. The van der Waals surface area contributed by atoms with Gasteiger partial charge < -0.3 is 9.47 Å². The summed E-state index contributed by atoms with van der Waals surface area (Å²) in [6.45, 7) is 6.96. The topological polar surface area (TPSA) is 18.5 Å². The van der Waals surface area contributed by atoms with E-state index in [1.165, 1.54) is 6.42 Å². The Bertz CT molecular complexity index is 327. The lowest BCUT2D eigenvalue weighted by molar-refractivity contribution is 0.140. The number of hydrogen-bond donors (Lipinski definition) is 0. The first-order valence-corrected chi connectivity index (χ1v) is 9.95. The highest BCUT2D eigenvalue weighted by Crippen LogP contribution is 2.23. The molecule has 0 aliphatic heterocycles. The minimum atomic E-state index is 0.599. The Morgan fingerprint density at radius 2 is 1.57 bits per heavy atom. The molecule has 0 unspecified atom stereocenters. The van der Waals surface area contributed by atoms with Crippen LogP contribution in [-0.4, -0.2) is 35.9 Å². The van der Waals surface area contributed by atoms with E-state index in [0.29, 0.717) is 4.58 Å². The van der Waals surface area contributed by atoms with Gasteiger partial charge >= 0.3 is 0 Å². The van der Waals surface area contributed by atoms with Gasteiger partial charge in [-0.15, -0.1) is 23.5 Å². The van der Waals surface area contributed by atoms with Crippen molar-refractivity contribution in [2.24, 2.45) is 0 Å². The van der Waals surface area contributed by atoms with E-state index in [-0.39, 0.29) is 0 Å². The molecule has 120 valence electrons. The van der Waals surface area contributed by atoms with Crippen LogP contribution in [0.1, 0.15) is 33.1 Å². The fraction of sp³-hybridized carbons (Fsp3) is 0.647. The minimum absolute atomic E-state index is 0.599. The molecule has 1 rings (SSSR count). The first-order valence-electron chi connectivity index (χ1n) is 7.85. The van der Waals surface area contributed by atoms with Gasteiger partial charge in [-0.25, -0.2) is 0 Å². The van der Waals surface area contributed by atoms with Crippen LogP contribution >= 0.6 is 23.5 Å². The van der Waals surface area contributed by atoms with Crippen molar-refractivity contribution < 1.29 is 9.47 Å². The maximum atomic E-state index is 5.78. The van der Waals surface area contributed by atoms with Crippen LogP contribution in [0.2, 0.25) is 0 Å². The number of benzene rings is 1. The summed E-state index contributed by atoms with van der Waals surface area (Å²) in [7, 11) is 0. The second-order valence-electron chi connectivity index (χ2n) is 4.64. The summed E-state index contributed by atoms with van der Waals surface area (Å²) in [6.07, 6.45) is 3.38. The third-order valence-electron chi connectivity index (χ3n) is 2.90. The number of thioether (sulfide) groups is 2. The molecule has 0 saturated carbocycles. The van der Waals surface area contributed by atoms with Gasteiger partial charge in [0.05, 0.1) is 17.8 Å². The van der Waals surface area contributed by atoms with E-state index in [0.717, 1.165) is 49.9 Å². The van der Waals surface area contributed by atoms with Crippen molar-refractivity contribution in [2.75, 3.05) is 31.3 Å². The van der Waals surface area contributed by atoms with E-state index in [1.807, 2.05) is 53.9 Å². The fourth-order valence-corrected chi connectivity index (χ4v) is 4.22. The Balaban J connectivity index is 1.92. The summed E-state index contributed by atoms with van der Waals surface area (Å²) in [4.78, 5) is 0. The van der Waals surface area contributed by atoms with E-state index >= 15 is 0 Å². The van der Waals surface area contributed by atoms with Crippen LogP contribution in [0.25, 0.3) is 0 Å². The predicted molar refractivity (Wildman–Crippen MR) is 96.7 cm³/mol. The van der Waals surface area contributed by atoms with Gasteiger partial charge in [-0.1, -0.05) is 32.0 Å². The molecular formula is C17H28O2S2. The van der Waals surface area contributed by atoms with Crippen molar-refractivity contribution >= 4 is 23.5 Å². The molecule has 0 heterocycles. The van der Waals surface area contributed by atoms with Gasteiger partial charge in [-0.3, -0.25) is 0 Å². The van der Waals surface area contributed by atoms with E-state index in [9.17, 15) is 0 Å². The van der Waals surface area contributed by atoms with Gasteiger partial charge in [0.25, 0.3) is 0 Å². The highest BCUT2D eigenvalue weighted by molar-refractivity contribution is 8.17. The smallest absolute Gasteiger partial charge is 0.119 e. The van der Waals surface area contributed by atoms with Gasteiger partial charge in [0, 0.05) is 6.61 Å². The Kier molecular flexibility index (Phi) is 11.9. The molecule has 0 N–H and O–H groups in total. The molecule has 0 fully saturated rings. The monoisotopic (exact) mass is 328 g/mol. The maximum Gasteiger partial charge on any atom is 0.119 e. The molecule has 0 spiro atoms. The molecular weight excluding hydrogens is 300 g/mol. The standard InChI is InChI=1S/C17H28O2S2/c1-3-20-17(21-4-2)15-18-13-9-6-10-14-19-16-11-7-5-8-12-16/h5,7-8,11-12,17H,3-4,6,9-10,13-15H2,1-2H3. The van der Waals surface area contributed by atoms with Crippen LogP contribution in [-0.2, 0) is 4.74 Å². The summed E-state index contributed by atoms with van der Waals surface area (Å²) in [5, 5.41) is 0. The highest BCUT2D eigenvalue weighted by atomic mass is 32.2. The molecule has 1 aromatic rings. The summed E-state index contributed by atoms with van der Waals surface area (Å²) >= 11 is 3.98. The average Bonchev–Trinajstić information content (AvgIpc) is 2.51. The van der Waals surface area contributed by atoms with Crippen LogP contribution < -0.4 is 4.74 Å². The van der Waals surface area contributed by atoms with Crippen molar-refractivity contribution in [1.29, 1.82) is 0 Å². The Morgan fingerprint density at radius 1 is 0.905 bits per heavy atom. The average molecular weight is 329 g/mol. The quantitative estimate of drug-likeness (QED) is 0.371. The second-order valence-corrected chi connectivity index (χ2v) is 7.90. The van der Waals surface area contributed by atoms with Gasteiger partial charge in [0.15, 0.2) is 0 Å². The van der Waals surface area contributed by atoms with Crippen molar-refractivity contribution in [3.05, 3.63) is 30.3 Å². The van der Waals surface area contributed by atoms with Crippen LogP contribution in [0.5, 0.6) is 5.75 Å². The molecule has 0 radical (unpaired) electrons. The number of para-hydroxylation sites is 1. The molecule has 0 aliphatic rings. The normalized spacial score (nSPS) is 11.0. The van der Waals surface area contributed by atoms with E-state index < -0.39 is 0 Å². The van der Waals surface area contributed by atoms with Gasteiger partial charge in [-0.05, 0) is 42.9 Å². The van der Waals surface area contributed by atoms with Crippen molar-refractivity contribution in [3.63, 3.8) is 0 Å². The van der Waals surface area contributed by atoms with Crippen LogP contribution in [0, 0.1) is 0 Å². The summed E-state index contributed by atoms with van der Waals surface area (Å²) in [5.41, 5.74) is 0. The number of rotatable bonds is 13. The lowest BCUT2D eigenvalue weighted by Crippen LogP contribution is -2.10. The molecule has 21 heavy (non-hydrogen) atoms. The Hall–Kier alpha value is -0.320. The first kappa shape index (κ1) is 18.7. The minimum Gasteiger partial charge on any atom is -0.494 e. The van der Waals surface area contributed by atoms with E-state index in [1.54, 1.807) is 0 Å². The van der Waals surface area contributed by atoms with E-state index in [2.05, 4.69) is 13.8 Å². The fourth-order valence-electron chi connectivity index (χ4n) is 1.89. The van der Waals surface area contributed by atoms with Crippen LogP contribution in [0.3, 0.4) is 0 Å². The Labute approximate surface area is 138 Å². The van der Waals surface area contributed by atoms with Gasteiger partial charge in [0.1, 0.15) is 5.75 Å². The van der Waals surface area contributed by atoms with Gasteiger partial charge in [0.2, 0.25) is 0 Å². The predicted octanol–water partition coefficient (Wildman–Crippen LogP) is 5.08. The van der Waals surface area contributed by atoms with Gasteiger partial charge in [-0.2, -0.15) is 0 Å². The molecule has 4 heteroatoms. The van der Waals surface area contributed by atoms with Crippen LogP contribution in [0.15, 0.2) is 30.3 Å². The molecule has 1 aromatic carbocycles. The molecule has 2 nitrogen and oxygen atoms in total. The second kappa shape index (κ2) is 13.4. The van der Waals surface area contributed by atoms with E-state index in [4.69, 9.17) is 9.47 Å². The summed E-state index contributed by atoms with van der Waals surface area (Å²) in [6, 6.07) is 10.0. The molecule has 0 aromatic heterocycles. The van der Waals surface area contributed by atoms with Crippen molar-refractivity contribution in [1.82, 2.24) is 0 Å². The zero-order valence-corrected chi connectivity index (χ0v) is 14.9. The third-order valence-corrected chi connectivity index (χ3v) is 5.40. The highest BCUT2D eigenvalue weighted by Gasteiger charge is 2.07. The third kappa shape index (κ3) is 10.1.